The summed E-state index contributed by atoms with van der Waals surface area (Å²) in [4.78, 5) is 24.2. The highest BCUT2D eigenvalue weighted by Gasteiger charge is 2.27. The summed E-state index contributed by atoms with van der Waals surface area (Å²) in [5.74, 6) is -1.16. The fourth-order valence-electron chi connectivity index (χ4n) is 2.67. The lowest BCUT2D eigenvalue weighted by Crippen LogP contribution is -2.45. The number of amides is 1. The predicted octanol–water partition coefficient (Wildman–Crippen LogP) is 1.34. The van der Waals surface area contributed by atoms with Gasteiger partial charge in [-0.05, 0) is 38.8 Å². The number of hydrogen-bond acceptors (Lipinski definition) is 5. The zero-order chi connectivity index (χ0) is 18.4. The van der Waals surface area contributed by atoms with Crippen LogP contribution in [0.4, 0.5) is 0 Å². The number of benzene rings is 1. The van der Waals surface area contributed by atoms with Crippen molar-refractivity contribution in [3.8, 4) is 0 Å². The molecule has 2 rings (SSSR count). The smallest absolute Gasteiger partial charge is 0.324 e. The number of carbonyl (C=O) groups excluding carboxylic acids is 2. The fourth-order valence-corrected chi connectivity index (χ4v) is 3.88. The Morgan fingerprint density at radius 1 is 1.12 bits per heavy atom. The highest BCUT2D eigenvalue weighted by Crippen LogP contribution is 2.17. The summed E-state index contributed by atoms with van der Waals surface area (Å²) in [5, 5.41) is 2.84. The summed E-state index contributed by atoms with van der Waals surface area (Å²) < 4.78 is 31.7. The van der Waals surface area contributed by atoms with Crippen molar-refractivity contribution < 1.29 is 22.7 Å². The van der Waals surface area contributed by atoms with Crippen LogP contribution >= 0.6 is 0 Å². The zero-order valence-electron chi connectivity index (χ0n) is 14.4. The lowest BCUT2D eigenvalue weighted by Gasteiger charge is -2.19. The van der Waals surface area contributed by atoms with Gasteiger partial charge in [-0.3, -0.25) is 9.59 Å². The Morgan fingerprint density at radius 2 is 1.72 bits per heavy atom. The third-order valence-electron chi connectivity index (χ3n) is 4.10. The zero-order valence-corrected chi connectivity index (χ0v) is 15.2. The molecule has 1 aliphatic carbocycles. The number of nitrogens with one attached hydrogen (secondary N) is 2. The van der Waals surface area contributed by atoms with E-state index in [-0.39, 0.29) is 16.8 Å². The summed E-state index contributed by atoms with van der Waals surface area (Å²) in [6.07, 6.45) is 3.05. The van der Waals surface area contributed by atoms with Crippen LogP contribution in [0.5, 0.6) is 0 Å². The normalized spacial score (nSPS) is 17.7. The Hall–Kier alpha value is -1.93. The predicted molar refractivity (Wildman–Crippen MR) is 92.2 cm³/mol. The van der Waals surface area contributed by atoms with Crippen molar-refractivity contribution in [2.75, 3.05) is 0 Å². The quantitative estimate of drug-likeness (QED) is 0.707. The average Bonchev–Trinajstić information content (AvgIpc) is 3.08. The Morgan fingerprint density at radius 3 is 2.32 bits per heavy atom. The number of ether oxygens (including phenoxy) is 1. The maximum Gasteiger partial charge on any atom is 0.324 e. The Bertz CT molecular complexity index is 699. The molecule has 2 atom stereocenters. The summed E-state index contributed by atoms with van der Waals surface area (Å²) in [5.41, 5.74) is 0. The van der Waals surface area contributed by atoms with Crippen LogP contribution in [-0.2, 0) is 24.3 Å². The van der Waals surface area contributed by atoms with Crippen LogP contribution in [0.2, 0.25) is 0 Å². The van der Waals surface area contributed by atoms with E-state index in [0.717, 1.165) is 25.7 Å². The average molecular weight is 368 g/mol. The monoisotopic (exact) mass is 368 g/mol. The molecule has 0 saturated heterocycles. The van der Waals surface area contributed by atoms with Crippen LogP contribution in [0, 0.1) is 0 Å². The Labute approximate surface area is 148 Å². The number of hydrogen-bond donors (Lipinski definition) is 2. The van der Waals surface area contributed by atoms with Gasteiger partial charge in [0.25, 0.3) is 5.91 Å². The van der Waals surface area contributed by atoms with Crippen LogP contribution in [0.25, 0.3) is 0 Å². The van der Waals surface area contributed by atoms with Gasteiger partial charge in [0.1, 0.15) is 6.04 Å². The molecule has 25 heavy (non-hydrogen) atoms. The minimum atomic E-state index is -3.83. The first-order valence-electron chi connectivity index (χ1n) is 8.38. The van der Waals surface area contributed by atoms with Crippen LogP contribution in [-0.4, -0.2) is 38.5 Å². The SMILES string of the molecule is CC(OC(=O)[C@H](C)NS(=O)(=O)c1ccccc1)C(=O)NC1CCCC1. The lowest BCUT2D eigenvalue weighted by molar-refractivity contribution is -0.156. The Kier molecular flexibility index (Phi) is 6.55. The van der Waals surface area contributed by atoms with Crippen LogP contribution in [0.3, 0.4) is 0 Å². The minimum Gasteiger partial charge on any atom is -0.451 e. The highest BCUT2D eigenvalue weighted by molar-refractivity contribution is 7.89. The van der Waals surface area contributed by atoms with Gasteiger partial charge >= 0.3 is 5.97 Å². The van der Waals surface area contributed by atoms with Crippen molar-refractivity contribution in [2.24, 2.45) is 0 Å². The van der Waals surface area contributed by atoms with Crippen molar-refractivity contribution in [3.05, 3.63) is 30.3 Å². The first-order chi connectivity index (χ1) is 11.8. The maximum absolute atomic E-state index is 12.2. The van der Waals surface area contributed by atoms with Gasteiger partial charge in [0, 0.05) is 6.04 Å². The standard InChI is InChI=1S/C17H24N2O5S/c1-12(19-25(22,23)15-10-4-3-5-11-15)17(21)24-13(2)16(20)18-14-8-6-7-9-14/h3-5,10-14,19H,6-9H2,1-2H3,(H,18,20)/t12-,13?/m0/s1. The van der Waals surface area contributed by atoms with E-state index in [1.54, 1.807) is 18.2 Å². The van der Waals surface area contributed by atoms with E-state index in [4.69, 9.17) is 4.74 Å². The van der Waals surface area contributed by atoms with Crippen LogP contribution in [0.15, 0.2) is 35.2 Å². The first kappa shape index (κ1) is 19.4. The number of rotatable bonds is 7. The topological polar surface area (TPSA) is 102 Å². The molecule has 2 N–H and O–H groups in total. The summed E-state index contributed by atoms with van der Waals surface area (Å²) in [6, 6.07) is 6.76. The molecule has 7 nitrogen and oxygen atoms in total. The third kappa shape index (κ3) is 5.54. The van der Waals surface area contributed by atoms with Crippen molar-refractivity contribution in [1.82, 2.24) is 10.0 Å². The van der Waals surface area contributed by atoms with Crippen molar-refractivity contribution in [1.29, 1.82) is 0 Å². The van der Waals surface area contributed by atoms with Gasteiger partial charge in [0.05, 0.1) is 4.90 Å². The van der Waals surface area contributed by atoms with Crippen molar-refractivity contribution >= 4 is 21.9 Å². The van der Waals surface area contributed by atoms with E-state index in [1.165, 1.54) is 26.0 Å². The second kappa shape index (κ2) is 8.44. The molecule has 0 aromatic heterocycles. The van der Waals surface area contributed by atoms with E-state index in [1.807, 2.05) is 0 Å². The molecule has 1 aromatic rings. The molecule has 1 aromatic carbocycles. The molecule has 0 heterocycles. The molecule has 8 heteroatoms. The molecule has 1 amide bonds. The molecule has 1 aliphatic rings. The fraction of sp³-hybridized carbons (Fsp3) is 0.529. The molecule has 138 valence electrons. The summed E-state index contributed by atoms with van der Waals surface area (Å²) >= 11 is 0. The third-order valence-corrected chi connectivity index (χ3v) is 5.66. The van der Waals surface area contributed by atoms with Gasteiger partial charge in [-0.25, -0.2) is 8.42 Å². The molecule has 0 bridgehead atoms. The number of esters is 1. The van der Waals surface area contributed by atoms with Gasteiger partial charge < -0.3 is 10.1 Å². The maximum atomic E-state index is 12.2. The molecule has 0 aliphatic heterocycles. The molecule has 1 fully saturated rings. The summed E-state index contributed by atoms with van der Waals surface area (Å²) in [7, 11) is -3.83. The second-order valence-corrected chi connectivity index (χ2v) is 7.94. The van der Waals surface area contributed by atoms with Gasteiger partial charge in [-0.15, -0.1) is 0 Å². The number of carbonyl (C=O) groups is 2. The Balaban J connectivity index is 1.87. The molecular formula is C17H24N2O5S. The van der Waals surface area contributed by atoms with E-state index >= 15 is 0 Å². The van der Waals surface area contributed by atoms with Crippen molar-refractivity contribution in [2.45, 2.75) is 62.6 Å². The van der Waals surface area contributed by atoms with Crippen LogP contribution in [0.1, 0.15) is 39.5 Å². The second-order valence-electron chi connectivity index (χ2n) is 6.23. The minimum absolute atomic E-state index is 0.0571. The highest BCUT2D eigenvalue weighted by atomic mass is 32.2. The molecule has 1 unspecified atom stereocenters. The molecule has 0 spiro atoms. The number of sulfonamides is 1. The molecule has 1 saturated carbocycles. The van der Waals surface area contributed by atoms with Gasteiger partial charge in [0.2, 0.25) is 10.0 Å². The van der Waals surface area contributed by atoms with E-state index < -0.39 is 28.1 Å². The van der Waals surface area contributed by atoms with Crippen molar-refractivity contribution in [3.63, 3.8) is 0 Å². The largest absolute Gasteiger partial charge is 0.451 e. The molecular weight excluding hydrogens is 344 g/mol. The summed E-state index contributed by atoms with van der Waals surface area (Å²) in [6.45, 7) is 2.85. The van der Waals surface area contributed by atoms with E-state index in [9.17, 15) is 18.0 Å². The van der Waals surface area contributed by atoms with Gasteiger partial charge in [-0.2, -0.15) is 4.72 Å². The van der Waals surface area contributed by atoms with Gasteiger partial charge in [0.15, 0.2) is 6.10 Å². The van der Waals surface area contributed by atoms with E-state index in [2.05, 4.69) is 10.0 Å². The lowest BCUT2D eigenvalue weighted by atomic mass is 10.2. The molecule has 0 radical (unpaired) electrons. The van der Waals surface area contributed by atoms with Gasteiger partial charge in [-0.1, -0.05) is 31.0 Å². The first-order valence-corrected chi connectivity index (χ1v) is 9.86. The van der Waals surface area contributed by atoms with Crippen LogP contribution < -0.4 is 10.0 Å². The van der Waals surface area contributed by atoms with E-state index in [0.29, 0.717) is 0 Å².